The van der Waals surface area contributed by atoms with Crippen molar-refractivity contribution in [2.75, 3.05) is 30.4 Å². The number of likely N-dealkylation sites (tertiary alicyclic amines) is 1. The summed E-state index contributed by atoms with van der Waals surface area (Å²) in [6.07, 6.45) is 5.43. The Balaban J connectivity index is 1.41. The van der Waals surface area contributed by atoms with Crippen molar-refractivity contribution in [2.45, 2.75) is 57.8 Å². The number of aliphatic hydroxyl groups excluding tert-OH is 1. The Kier molecular flexibility index (Phi) is 9.59. The van der Waals surface area contributed by atoms with Crippen LogP contribution in [0.2, 0.25) is 10.0 Å². The van der Waals surface area contributed by atoms with E-state index in [4.69, 9.17) is 28.3 Å². The maximum Gasteiger partial charge on any atom is 0.141 e. The van der Waals surface area contributed by atoms with Crippen LogP contribution in [0, 0.1) is 17.1 Å². The first kappa shape index (κ1) is 33.6. The molecule has 3 heterocycles. The summed E-state index contributed by atoms with van der Waals surface area (Å²) < 4.78 is 15.9. The van der Waals surface area contributed by atoms with Gasteiger partial charge in [0.25, 0.3) is 0 Å². The number of pyridine rings is 1. The van der Waals surface area contributed by atoms with Crippen LogP contribution in [0.1, 0.15) is 68.1 Å². The van der Waals surface area contributed by atoms with E-state index in [0.29, 0.717) is 27.3 Å². The van der Waals surface area contributed by atoms with Crippen LogP contribution in [0.3, 0.4) is 0 Å². The van der Waals surface area contributed by atoms with Gasteiger partial charge in [0, 0.05) is 48.6 Å². The third-order valence-electron chi connectivity index (χ3n) is 9.06. The molecular weight excluding hydrogens is 650 g/mol. The highest BCUT2D eigenvalue weighted by Crippen LogP contribution is 2.39. The Morgan fingerprint density at radius 1 is 1.10 bits per heavy atom. The summed E-state index contributed by atoms with van der Waals surface area (Å²) >= 11 is 12.9. The Morgan fingerprint density at radius 3 is 2.56 bits per heavy atom. The molecule has 3 aromatic carbocycles. The molecule has 1 fully saturated rings. The highest BCUT2D eigenvalue weighted by molar-refractivity contribution is 6.36. The molecular formula is C36H37Cl2FN8O. The molecule has 1 saturated heterocycles. The van der Waals surface area contributed by atoms with Gasteiger partial charge in [-0.25, -0.2) is 9.07 Å². The van der Waals surface area contributed by atoms with Gasteiger partial charge in [0.15, 0.2) is 0 Å². The zero-order valence-corrected chi connectivity index (χ0v) is 28.8. The topological polar surface area (TPSA) is 106 Å². The summed E-state index contributed by atoms with van der Waals surface area (Å²) in [5.41, 5.74) is 5.03. The molecule has 1 aliphatic rings. The second-order valence-electron chi connectivity index (χ2n) is 13.2. The number of aromatic nitrogens is 4. The fraction of sp³-hybridized carbons (Fsp3) is 0.333. The van der Waals surface area contributed by atoms with Crippen LogP contribution in [0.15, 0.2) is 67.0 Å². The predicted octanol–water partition coefficient (Wildman–Crippen LogP) is 8.04. The second-order valence-corrected chi connectivity index (χ2v) is 14.0. The summed E-state index contributed by atoms with van der Waals surface area (Å²) in [7, 11) is 1.95. The number of hydrogen-bond acceptors (Lipinski definition) is 8. The quantitative estimate of drug-likeness (QED) is 0.169. The Morgan fingerprint density at radius 2 is 1.88 bits per heavy atom. The van der Waals surface area contributed by atoms with E-state index in [-0.39, 0.29) is 28.8 Å². The van der Waals surface area contributed by atoms with E-state index in [1.165, 1.54) is 18.3 Å². The van der Waals surface area contributed by atoms with Crippen molar-refractivity contribution in [1.29, 1.82) is 5.26 Å². The SMILES string of the molecule is CN(c1cc(Cl)c2ncc(C#N)c(Nc3ccc(F)c(Cl)c3)c2c1)[C@@H](c1cccc(CO)c1)c1cn(C2CCN(C(C)(C)C)CC2)nn1. The Labute approximate surface area is 289 Å². The lowest BCUT2D eigenvalue weighted by atomic mass is 9.97. The number of piperidine rings is 1. The molecule has 248 valence electrons. The molecule has 12 heteroatoms. The molecule has 0 aliphatic carbocycles. The van der Waals surface area contributed by atoms with Crippen molar-refractivity contribution < 1.29 is 9.50 Å². The highest BCUT2D eigenvalue weighted by Gasteiger charge is 2.30. The molecule has 1 atom stereocenters. The van der Waals surface area contributed by atoms with Crippen molar-refractivity contribution >= 4 is 51.2 Å². The monoisotopic (exact) mass is 686 g/mol. The molecule has 1 aliphatic heterocycles. The van der Waals surface area contributed by atoms with Crippen LogP contribution < -0.4 is 10.2 Å². The van der Waals surface area contributed by atoms with Gasteiger partial charge >= 0.3 is 0 Å². The average molecular weight is 688 g/mol. The van der Waals surface area contributed by atoms with Gasteiger partial charge in [0.2, 0.25) is 0 Å². The van der Waals surface area contributed by atoms with Crippen molar-refractivity contribution in [3.63, 3.8) is 0 Å². The van der Waals surface area contributed by atoms with Crippen molar-refractivity contribution in [3.8, 4) is 6.07 Å². The molecule has 48 heavy (non-hydrogen) atoms. The molecule has 2 N–H and O–H groups in total. The minimum absolute atomic E-state index is 0.0453. The summed E-state index contributed by atoms with van der Waals surface area (Å²) in [6.45, 7) is 8.61. The first-order valence-electron chi connectivity index (χ1n) is 15.8. The van der Waals surface area contributed by atoms with E-state index in [0.717, 1.165) is 48.4 Å². The van der Waals surface area contributed by atoms with Gasteiger partial charge in [-0.3, -0.25) is 9.88 Å². The summed E-state index contributed by atoms with van der Waals surface area (Å²) in [5, 5.41) is 33.5. The first-order chi connectivity index (χ1) is 23.0. The lowest BCUT2D eigenvalue weighted by Crippen LogP contribution is -2.46. The number of nitriles is 1. The number of nitrogens with one attached hydrogen (secondary N) is 1. The summed E-state index contributed by atoms with van der Waals surface area (Å²) in [6, 6.07) is 17.8. The predicted molar refractivity (Wildman–Crippen MR) is 188 cm³/mol. The number of fused-ring (bicyclic) bond motifs is 1. The number of aliphatic hydroxyl groups is 1. The van der Waals surface area contributed by atoms with Crippen LogP contribution >= 0.6 is 23.2 Å². The molecule has 2 aromatic heterocycles. The van der Waals surface area contributed by atoms with Crippen LogP contribution in [-0.4, -0.2) is 55.7 Å². The first-order valence-corrected chi connectivity index (χ1v) is 16.6. The number of nitrogens with zero attached hydrogens (tertiary/aromatic N) is 7. The van der Waals surface area contributed by atoms with Crippen LogP contribution in [-0.2, 0) is 6.61 Å². The van der Waals surface area contributed by atoms with E-state index >= 15 is 0 Å². The molecule has 9 nitrogen and oxygen atoms in total. The Hall–Kier alpha value is -4.27. The Bertz CT molecular complexity index is 1990. The zero-order valence-electron chi connectivity index (χ0n) is 27.3. The molecule has 0 saturated carbocycles. The van der Waals surface area contributed by atoms with Crippen molar-refractivity contribution in [3.05, 3.63) is 105 Å². The highest BCUT2D eigenvalue weighted by atomic mass is 35.5. The molecule has 0 unspecified atom stereocenters. The zero-order chi connectivity index (χ0) is 34.2. The van der Waals surface area contributed by atoms with Crippen LogP contribution in [0.4, 0.5) is 21.5 Å². The van der Waals surface area contributed by atoms with Crippen molar-refractivity contribution in [1.82, 2.24) is 24.9 Å². The molecule has 5 aromatic rings. The minimum Gasteiger partial charge on any atom is -0.392 e. The lowest BCUT2D eigenvalue weighted by Gasteiger charge is -2.40. The van der Waals surface area contributed by atoms with Gasteiger partial charge in [0.1, 0.15) is 17.6 Å². The van der Waals surface area contributed by atoms with Crippen molar-refractivity contribution in [2.24, 2.45) is 0 Å². The number of benzene rings is 3. The molecule has 0 radical (unpaired) electrons. The third kappa shape index (κ3) is 6.82. The number of halogens is 3. The largest absolute Gasteiger partial charge is 0.392 e. The van der Waals surface area contributed by atoms with Gasteiger partial charge in [0.05, 0.1) is 51.7 Å². The number of hydrogen-bond donors (Lipinski definition) is 2. The van der Waals surface area contributed by atoms with Gasteiger partial charge in [-0.1, -0.05) is 52.7 Å². The van der Waals surface area contributed by atoms with E-state index in [1.807, 2.05) is 54.3 Å². The van der Waals surface area contributed by atoms with E-state index < -0.39 is 11.9 Å². The van der Waals surface area contributed by atoms with Gasteiger partial charge < -0.3 is 15.3 Å². The normalized spacial score (nSPS) is 15.0. The fourth-order valence-electron chi connectivity index (χ4n) is 6.39. The van der Waals surface area contributed by atoms with E-state index in [2.05, 4.69) is 52.2 Å². The fourth-order valence-corrected chi connectivity index (χ4v) is 6.83. The summed E-state index contributed by atoms with van der Waals surface area (Å²) in [5.74, 6) is -0.544. The third-order valence-corrected chi connectivity index (χ3v) is 9.64. The minimum atomic E-state index is -0.544. The maximum absolute atomic E-state index is 13.9. The number of anilines is 3. The summed E-state index contributed by atoms with van der Waals surface area (Å²) in [4.78, 5) is 9.04. The van der Waals surface area contributed by atoms with E-state index in [9.17, 15) is 14.8 Å². The second kappa shape index (κ2) is 13.7. The average Bonchev–Trinajstić information content (AvgIpc) is 3.56. The standard InChI is InChI=1S/C36H37Cl2FN8O/c1-36(2,3)46-12-10-26(11-13-46)47-20-32(43-44-47)35(23-7-5-6-22(14-23)21-48)45(4)27-16-28-33(42-25-8-9-31(39)29(37)15-25)24(18-40)19-41-34(28)30(38)17-27/h5-9,14-17,19-20,26,35,48H,10-13,21H2,1-4H3,(H,41,42)/t35-/m0/s1. The smallest absolute Gasteiger partial charge is 0.141 e. The molecule has 6 rings (SSSR count). The maximum atomic E-state index is 13.9. The molecule has 0 spiro atoms. The molecule has 0 bridgehead atoms. The lowest BCUT2D eigenvalue weighted by molar-refractivity contribution is 0.0866. The van der Waals surface area contributed by atoms with Gasteiger partial charge in [-0.15, -0.1) is 5.10 Å². The molecule has 0 amide bonds. The van der Waals surface area contributed by atoms with Gasteiger partial charge in [-0.05, 0) is 75.1 Å². The van der Waals surface area contributed by atoms with Crippen LogP contribution in [0.25, 0.3) is 10.9 Å². The van der Waals surface area contributed by atoms with Crippen LogP contribution in [0.5, 0.6) is 0 Å². The van der Waals surface area contributed by atoms with E-state index in [1.54, 1.807) is 6.07 Å². The number of rotatable bonds is 8. The van der Waals surface area contributed by atoms with Gasteiger partial charge in [-0.2, -0.15) is 5.26 Å².